The van der Waals surface area contributed by atoms with Gasteiger partial charge in [-0.1, -0.05) is 30.7 Å². The Bertz CT molecular complexity index is 664. The van der Waals surface area contributed by atoms with Gasteiger partial charge in [-0.25, -0.2) is 8.78 Å². The fourth-order valence-corrected chi connectivity index (χ4v) is 2.79. The molecule has 0 saturated carbocycles. The Morgan fingerprint density at radius 1 is 1.14 bits per heavy atom. The van der Waals surface area contributed by atoms with Gasteiger partial charge in [-0.15, -0.1) is 0 Å². The molecule has 0 aliphatic carbocycles. The summed E-state index contributed by atoms with van der Waals surface area (Å²) in [6, 6.07) is 7.58. The molecule has 0 bridgehead atoms. The topological polar surface area (TPSA) is 12.0 Å². The van der Waals surface area contributed by atoms with Crippen LogP contribution in [-0.4, -0.2) is 6.54 Å². The van der Waals surface area contributed by atoms with Crippen LogP contribution in [0.2, 0.25) is 5.02 Å². The Hall–Kier alpha value is -0.490. The summed E-state index contributed by atoms with van der Waals surface area (Å²) in [7, 11) is 0. The van der Waals surface area contributed by atoms with E-state index in [2.05, 4.69) is 37.2 Å². The van der Waals surface area contributed by atoms with Crippen LogP contribution in [0, 0.1) is 11.6 Å². The van der Waals surface area contributed by atoms with Crippen molar-refractivity contribution in [2.45, 2.75) is 13.0 Å². The largest absolute Gasteiger partial charge is 0.306 e. The van der Waals surface area contributed by atoms with Gasteiger partial charge in [0.2, 0.25) is 0 Å². The van der Waals surface area contributed by atoms with Crippen molar-refractivity contribution >= 4 is 43.5 Å². The molecule has 2 aromatic rings. The maximum atomic E-state index is 14.4. The van der Waals surface area contributed by atoms with E-state index in [0.717, 1.165) is 0 Å². The summed E-state index contributed by atoms with van der Waals surface area (Å²) < 4.78 is 29.0. The van der Waals surface area contributed by atoms with Crippen molar-refractivity contribution < 1.29 is 8.78 Å². The van der Waals surface area contributed by atoms with E-state index in [-0.39, 0.29) is 10.8 Å². The third-order valence-electron chi connectivity index (χ3n) is 3.06. The smallest absolute Gasteiger partial charge is 0.148 e. The minimum Gasteiger partial charge on any atom is -0.306 e. The van der Waals surface area contributed by atoms with E-state index >= 15 is 0 Å². The van der Waals surface area contributed by atoms with E-state index in [1.54, 1.807) is 24.3 Å². The highest BCUT2D eigenvalue weighted by Crippen LogP contribution is 2.33. The molecular weight excluding hydrogens is 427 g/mol. The normalized spacial score (nSPS) is 12.5. The van der Waals surface area contributed by atoms with Crippen LogP contribution in [0.1, 0.15) is 24.1 Å². The van der Waals surface area contributed by atoms with E-state index in [4.69, 9.17) is 11.6 Å². The molecule has 112 valence electrons. The van der Waals surface area contributed by atoms with Gasteiger partial charge in [0.05, 0.1) is 15.5 Å². The van der Waals surface area contributed by atoms with Gasteiger partial charge < -0.3 is 5.32 Å². The van der Waals surface area contributed by atoms with Gasteiger partial charge in [0.25, 0.3) is 0 Å². The fourth-order valence-electron chi connectivity index (χ4n) is 2.07. The first-order chi connectivity index (χ1) is 9.95. The molecule has 21 heavy (non-hydrogen) atoms. The van der Waals surface area contributed by atoms with Gasteiger partial charge >= 0.3 is 0 Å². The number of benzene rings is 2. The standard InChI is InChI=1S/C15H12Br2ClF2N/c1-2-21-15(8-3-5-10(16)12(19)7-8)9-4-6-11(17)13(18)14(9)20/h3-7,15,21H,2H2,1H3. The first kappa shape index (κ1) is 16.9. The van der Waals surface area contributed by atoms with Crippen molar-refractivity contribution in [2.75, 3.05) is 6.54 Å². The second-order valence-corrected chi connectivity index (χ2v) is 6.52. The molecule has 0 fully saturated rings. The number of rotatable bonds is 4. The molecule has 1 unspecified atom stereocenters. The predicted octanol–water partition coefficient (Wildman–Crippen LogP) is 5.84. The summed E-state index contributed by atoms with van der Waals surface area (Å²) >= 11 is 12.2. The highest BCUT2D eigenvalue weighted by Gasteiger charge is 2.21. The summed E-state index contributed by atoms with van der Waals surface area (Å²) in [4.78, 5) is 0. The third-order valence-corrected chi connectivity index (χ3v) is 4.96. The average Bonchev–Trinajstić information content (AvgIpc) is 2.46. The zero-order valence-corrected chi connectivity index (χ0v) is 15.0. The molecule has 0 heterocycles. The lowest BCUT2D eigenvalue weighted by molar-refractivity contribution is 0.553. The highest BCUT2D eigenvalue weighted by atomic mass is 79.9. The lowest BCUT2D eigenvalue weighted by Gasteiger charge is -2.20. The summed E-state index contributed by atoms with van der Waals surface area (Å²) in [5.41, 5.74) is 1.02. The molecular formula is C15H12Br2ClF2N. The van der Waals surface area contributed by atoms with Crippen LogP contribution in [0.4, 0.5) is 8.78 Å². The van der Waals surface area contributed by atoms with Crippen LogP contribution in [0.15, 0.2) is 39.3 Å². The van der Waals surface area contributed by atoms with Crippen molar-refractivity contribution in [1.82, 2.24) is 5.32 Å². The molecule has 0 aliphatic heterocycles. The van der Waals surface area contributed by atoms with Crippen molar-refractivity contribution in [3.8, 4) is 0 Å². The summed E-state index contributed by atoms with van der Waals surface area (Å²) in [5, 5.41) is 3.17. The van der Waals surface area contributed by atoms with Gasteiger partial charge in [-0.3, -0.25) is 0 Å². The van der Waals surface area contributed by atoms with Gasteiger partial charge in [0.1, 0.15) is 11.6 Å². The van der Waals surface area contributed by atoms with Crippen molar-refractivity contribution in [1.29, 1.82) is 0 Å². The number of hydrogen-bond donors (Lipinski definition) is 1. The minimum atomic E-state index is -0.514. The Morgan fingerprint density at radius 2 is 1.81 bits per heavy atom. The van der Waals surface area contributed by atoms with E-state index < -0.39 is 11.9 Å². The SMILES string of the molecule is CCNC(c1ccc(Br)c(F)c1)c1ccc(Br)c(Cl)c1F. The van der Waals surface area contributed by atoms with Gasteiger partial charge in [0, 0.05) is 10.0 Å². The Kier molecular flexibility index (Phi) is 5.77. The molecule has 6 heteroatoms. The van der Waals surface area contributed by atoms with Crippen LogP contribution < -0.4 is 5.32 Å². The Morgan fingerprint density at radius 3 is 2.43 bits per heavy atom. The van der Waals surface area contributed by atoms with Crippen molar-refractivity contribution in [3.63, 3.8) is 0 Å². The number of nitrogens with one attached hydrogen (secondary N) is 1. The van der Waals surface area contributed by atoms with Gasteiger partial charge in [0.15, 0.2) is 0 Å². The van der Waals surface area contributed by atoms with Crippen LogP contribution in [0.25, 0.3) is 0 Å². The molecule has 1 nitrogen and oxygen atoms in total. The first-order valence-electron chi connectivity index (χ1n) is 6.27. The average molecular weight is 440 g/mol. The molecule has 0 aliphatic rings. The molecule has 0 spiro atoms. The quantitative estimate of drug-likeness (QED) is 0.590. The Labute approximate surface area is 144 Å². The fraction of sp³-hybridized carbons (Fsp3) is 0.200. The summed E-state index contributed by atoms with van der Waals surface area (Å²) in [6.07, 6.45) is 0. The number of hydrogen-bond acceptors (Lipinski definition) is 1. The van der Waals surface area contributed by atoms with Gasteiger partial charge in [-0.05, 0) is 62.2 Å². The van der Waals surface area contributed by atoms with Crippen LogP contribution in [0.5, 0.6) is 0 Å². The molecule has 0 aromatic heterocycles. The maximum Gasteiger partial charge on any atom is 0.148 e. The lowest BCUT2D eigenvalue weighted by Crippen LogP contribution is -2.23. The van der Waals surface area contributed by atoms with E-state index in [1.807, 2.05) is 6.92 Å². The van der Waals surface area contributed by atoms with Crippen LogP contribution in [-0.2, 0) is 0 Å². The first-order valence-corrected chi connectivity index (χ1v) is 8.23. The van der Waals surface area contributed by atoms with E-state index in [9.17, 15) is 8.78 Å². The second kappa shape index (κ2) is 7.18. The molecule has 0 radical (unpaired) electrons. The van der Waals surface area contributed by atoms with Crippen molar-refractivity contribution in [2.24, 2.45) is 0 Å². The predicted molar refractivity (Wildman–Crippen MR) is 88.7 cm³/mol. The molecule has 2 rings (SSSR count). The van der Waals surface area contributed by atoms with Crippen LogP contribution >= 0.6 is 43.5 Å². The lowest BCUT2D eigenvalue weighted by atomic mass is 9.98. The molecule has 1 N–H and O–H groups in total. The summed E-state index contributed by atoms with van der Waals surface area (Å²) in [5.74, 6) is -0.903. The third kappa shape index (κ3) is 3.65. The monoisotopic (exact) mass is 437 g/mol. The zero-order valence-electron chi connectivity index (χ0n) is 11.1. The molecule has 0 saturated heterocycles. The van der Waals surface area contributed by atoms with E-state index in [1.165, 1.54) is 6.07 Å². The molecule has 1 atom stereocenters. The maximum absolute atomic E-state index is 14.4. The molecule has 0 amide bonds. The number of halogens is 5. The zero-order chi connectivity index (χ0) is 15.6. The van der Waals surface area contributed by atoms with Crippen molar-refractivity contribution in [3.05, 3.63) is 67.1 Å². The van der Waals surface area contributed by atoms with Gasteiger partial charge in [-0.2, -0.15) is 0 Å². The molecule has 2 aromatic carbocycles. The second-order valence-electron chi connectivity index (χ2n) is 4.43. The highest BCUT2D eigenvalue weighted by molar-refractivity contribution is 9.10. The van der Waals surface area contributed by atoms with E-state index in [0.29, 0.717) is 26.6 Å². The van der Waals surface area contributed by atoms with Crippen LogP contribution in [0.3, 0.4) is 0 Å². The minimum absolute atomic E-state index is 0.0213. The Balaban J connectivity index is 2.53. The summed E-state index contributed by atoms with van der Waals surface area (Å²) in [6.45, 7) is 2.51.